The minimum atomic E-state index is -3.94. The summed E-state index contributed by atoms with van der Waals surface area (Å²) >= 11 is 0. The Hall–Kier alpha value is -2.73. The van der Waals surface area contributed by atoms with Crippen LogP contribution in [0.2, 0.25) is 0 Å². The molecule has 8 heteroatoms. The first kappa shape index (κ1) is 22.9. The van der Waals surface area contributed by atoms with E-state index in [9.17, 15) is 18.4 Å². The van der Waals surface area contributed by atoms with E-state index < -0.39 is 20.7 Å². The molecule has 0 spiro atoms. The Morgan fingerprint density at radius 3 is 2.45 bits per heavy atom. The number of amides is 1. The molecule has 1 amide bonds. The Morgan fingerprint density at radius 2 is 1.87 bits per heavy atom. The van der Waals surface area contributed by atoms with Crippen LogP contribution in [0.4, 0.5) is 0 Å². The standard InChI is InChI=1S/C23H26N3O4S/c1-16-13-19(7-8-21(16)20-6-4-5-17(14-20)15-24)18-9-11-26(12-10-18)31(29,30)23(2,3)22(27)25-28/h4-8,13-14,18H,9-12H2,1-3H3,(H-,25,27,28)/q-1. The van der Waals surface area contributed by atoms with E-state index in [4.69, 9.17) is 5.26 Å². The predicted octanol–water partition coefficient (Wildman–Crippen LogP) is 3.44. The fourth-order valence-corrected chi connectivity index (χ4v) is 5.63. The number of sulfonamides is 1. The maximum absolute atomic E-state index is 12.9. The normalized spacial score (nSPS) is 16.0. The molecule has 0 aromatic heterocycles. The molecule has 0 unspecified atom stereocenters. The number of nitrogens with one attached hydrogen (secondary N) is 1. The molecule has 1 heterocycles. The Bertz CT molecular complexity index is 1130. The van der Waals surface area contributed by atoms with Gasteiger partial charge in [-0.1, -0.05) is 30.3 Å². The van der Waals surface area contributed by atoms with Gasteiger partial charge in [0.25, 0.3) is 0 Å². The van der Waals surface area contributed by atoms with Crippen LogP contribution in [-0.4, -0.2) is 36.5 Å². The van der Waals surface area contributed by atoms with Crippen molar-refractivity contribution < 1.29 is 13.2 Å². The fraction of sp³-hybridized carbons (Fsp3) is 0.391. The lowest BCUT2D eigenvalue weighted by molar-refractivity contribution is -0.122. The predicted molar refractivity (Wildman–Crippen MR) is 119 cm³/mol. The zero-order valence-corrected chi connectivity index (χ0v) is 18.7. The molecule has 0 atom stereocenters. The molecular formula is C23H26N3O4S-. The molecule has 1 aliphatic heterocycles. The number of carbonyl (C=O) groups excluding carboxylic acids is 1. The van der Waals surface area contributed by atoms with Gasteiger partial charge in [-0.3, -0.25) is 4.79 Å². The second-order valence-electron chi connectivity index (χ2n) is 8.39. The molecule has 7 nitrogen and oxygen atoms in total. The zero-order valence-electron chi connectivity index (χ0n) is 17.9. The molecule has 2 aromatic carbocycles. The smallest absolute Gasteiger partial charge is 0.231 e. The Kier molecular flexibility index (Phi) is 6.51. The molecule has 31 heavy (non-hydrogen) atoms. The van der Waals surface area contributed by atoms with Crippen LogP contribution < -0.4 is 5.48 Å². The van der Waals surface area contributed by atoms with Gasteiger partial charge in [-0.15, -0.1) is 0 Å². The number of nitrogens with zero attached hydrogens (tertiary/aromatic N) is 2. The second-order valence-corrected chi connectivity index (χ2v) is 10.9. The van der Waals surface area contributed by atoms with Crippen molar-refractivity contribution in [2.45, 2.75) is 44.3 Å². The van der Waals surface area contributed by atoms with Gasteiger partial charge >= 0.3 is 0 Å². The first-order valence-corrected chi connectivity index (χ1v) is 11.6. The molecule has 1 N–H and O–H groups in total. The zero-order chi connectivity index (χ0) is 22.8. The molecule has 3 rings (SSSR count). The highest BCUT2D eigenvalue weighted by molar-refractivity contribution is 7.91. The second kappa shape index (κ2) is 8.79. The molecule has 1 aliphatic rings. The topological polar surface area (TPSA) is 113 Å². The van der Waals surface area contributed by atoms with E-state index in [1.165, 1.54) is 23.6 Å². The summed E-state index contributed by atoms with van der Waals surface area (Å²) in [6, 6.07) is 15.9. The van der Waals surface area contributed by atoms with E-state index in [0.29, 0.717) is 31.5 Å². The summed E-state index contributed by atoms with van der Waals surface area (Å²) in [6.07, 6.45) is 1.27. The number of hydrogen-bond donors (Lipinski definition) is 1. The maximum atomic E-state index is 12.9. The average Bonchev–Trinajstić information content (AvgIpc) is 2.78. The van der Waals surface area contributed by atoms with Crippen LogP contribution in [0.3, 0.4) is 0 Å². The quantitative estimate of drug-likeness (QED) is 0.716. The Labute approximate surface area is 183 Å². The van der Waals surface area contributed by atoms with Crippen molar-refractivity contribution in [1.82, 2.24) is 9.79 Å². The minimum Gasteiger partial charge on any atom is -0.759 e. The maximum Gasteiger partial charge on any atom is 0.231 e. The van der Waals surface area contributed by atoms with Crippen molar-refractivity contribution in [3.63, 3.8) is 0 Å². The van der Waals surface area contributed by atoms with Crippen LogP contribution in [0, 0.1) is 23.5 Å². The van der Waals surface area contributed by atoms with Crippen molar-refractivity contribution in [2.75, 3.05) is 13.1 Å². The van der Waals surface area contributed by atoms with E-state index in [-0.39, 0.29) is 5.92 Å². The van der Waals surface area contributed by atoms with Crippen molar-refractivity contribution in [2.24, 2.45) is 0 Å². The average molecular weight is 441 g/mol. The molecule has 0 saturated carbocycles. The summed E-state index contributed by atoms with van der Waals surface area (Å²) in [7, 11) is -3.94. The van der Waals surface area contributed by atoms with Crippen LogP contribution in [0.25, 0.3) is 11.1 Å². The van der Waals surface area contributed by atoms with Crippen molar-refractivity contribution in [3.8, 4) is 17.2 Å². The highest BCUT2D eigenvalue weighted by atomic mass is 32.2. The van der Waals surface area contributed by atoms with Crippen molar-refractivity contribution in [1.29, 1.82) is 5.26 Å². The van der Waals surface area contributed by atoms with E-state index in [0.717, 1.165) is 22.3 Å². The van der Waals surface area contributed by atoms with Gasteiger partial charge in [0.2, 0.25) is 15.9 Å². The third-order valence-electron chi connectivity index (χ3n) is 6.10. The van der Waals surface area contributed by atoms with Gasteiger partial charge < -0.3 is 10.7 Å². The molecule has 164 valence electrons. The summed E-state index contributed by atoms with van der Waals surface area (Å²) in [5.74, 6) is -0.845. The lowest BCUT2D eigenvalue weighted by atomic mass is 9.87. The van der Waals surface area contributed by atoms with Crippen LogP contribution >= 0.6 is 0 Å². The number of aryl methyl sites for hydroxylation is 1. The number of hydrogen-bond acceptors (Lipinski definition) is 5. The molecule has 2 aromatic rings. The first-order valence-electron chi connectivity index (χ1n) is 10.1. The fourth-order valence-electron chi connectivity index (χ4n) is 4.01. The van der Waals surface area contributed by atoms with Crippen LogP contribution in [-0.2, 0) is 14.8 Å². The highest BCUT2D eigenvalue weighted by Gasteiger charge is 2.45. The number of benzene rings is 2. The summed E-state index contributed by atoms with van der Waals surface area (Å²) in [6.45, 7) is 5.14. The lowest BCUT2D eigenvalue weighted by Crippen LogP contribution is -2.54. The van der Waals surface area contributed by atoms with Gasteiger partial charge in [0.05, 0.1) is 11.6 Å². The van der Waals surface area contributed by atoms with Gasteiger partial charge in [-0.05, 0) is 73.9 Å². The molecule has 0 radical (unpaired) electrons. The van der Waals surface area contributed by atoms with Crippen molar-refractivity contribution in [3.05, 3.63) is 64.4 Å². The molecule has 1 saturated heterocycles. The van der Waals surface area contributed by atoms with E-state index >= 15 is 0 Å². The van der Waals surface area contributed by atoms with Crippen molar-refractivity contribution >= 4 is 15.9 Å². The molecule has 0 aliphatic carbocycles. The number of carbonyl (C=O) groups is 1. The third kappa shape index (κ3) is 4.35. The summed E-state index contributed by atoms with van der Waals surface area (Å²) < 4.78 is 25.2. The number of piperidine rings is 1. The van der Waals surface area contributed by atoms with Crippen LogP contribution in [0.1, 0.15) is 49.3 Å². The van der Waals surface area contributed by atoms with Gasteiger partial charge in [0, 0.05) is 13.1 Å². The number of hydroxylamine groups is 1. The minimum absolute atomic E-state index is 0.209. The van der Waals surface area contributed by atoms with Gasteiger partial charge in [0.15, 0.2) is 4.75 Å². The highest BCUT2D eigenvalue weighted by Crippen LogP contribution is 2.34. The van der Waals surface area contributed by atoms with Crippen LogP contribution in [0.5, 0.6) is 0 Å². The van der Waals surface area contributed by atoms with E-state index in [1.54, 1.807) is 6.07 Å². The summed E-state index contributed by atoms with van der Waals surface area (Å²) in [5.41, 5.74) is 6.11. The summed E-state index contributed by atoms with van der Waals surface area (Å²) in [5, 5.41) is 19.9. The monoisotopic (exact) mass is 440 g/mol. The number of nitriles is 1. The molecular weight excluding hydrogens is 414 g/mol. The van der Waals surface area contributed by atoms with Gasteiger partial charge in [0.1, 0.15) is 0 Å². The van der Waals surface area contributed by atoms with Crippen LogP contribution in [0.15, 0.2) is 42.5 Å². The SMILES string of the molecule is Cc1cc(C2CCN(S(=O)(=O)C(C)(C)C(=O)N[O-])CC2)ccc1-c1cccc(C#N)c1. The molecule has 1 fully saturated rings. The number of rotatable bonds is 5. The molecule has 0 bridgehead atoms. The van der Waals surface area contributed by atoms with E-state index in [1.807, 2.05) is 31.2 Å². The summed E-state index contributed by atoms with van der Waals surface area (Å²) in [4.78, 5) is 11.8. The van der Waals surface area contributed by atoms with E-state index in [2.05, 4.69) is 18.2 Å². The largest absolute Gasteiger partial charge is 0.759 e. The Morgan fingerprint density at radius 1 is 1.19 bits per heavy atom. The Balaban J connectivity index is 1.75. The first-order chi connectivity index (χ1) is 14.6. The van der Waals surface area contributed by atoms with Gasteiger partial charge in [-0.2, -0.15) is 5.26 Å². The van der Waals surface area contributed by atoms with Gasteiger partial charge in [-0.25, -0.2) is 12.7 Å². The third-order valence-corrected chi connectivity index (χ3v) is 8.62. The lowest BCUT2D eigenvalue weighted by Gasteiger charge is -2.36.